The van der Waals surface area contributed by atoms with Crippen molar-refractivity contribution >= 4 is 35.4 Å². The number of benzene rings is 2. The van der Waals surface area contributed by atoms with E-state index in [2.05, 4.69) is 13.8 Å². The number of esters is 1. The molecular formula is C25H28N2O6S. The van der Waals surface area contributed by atoms with E-state index in [0.717, 1.165) is 10.5 Å². The highest BCUT2D eigenvalue weighted by Gasteiger charge is 2.27. The van der Waals surface area contributed by atoms with Gasteiger partial charge in [0, 0.05) is 30.5 Å². The van der Waals surface area contributed by atoms with E-state index < -0.39 is 10.9 Å². The molecule has 180 valence electrons. The van der Waals surface area contributed by atoms with Gasteiger partial charge in [-0.25, -0.2) is 0 Å². The molecule has 1 amide bonds. The maximum Gasteiger partial charge on any atom is 0.302 e. The summed E-state index contributed by atoms with van der Waals surface area (Å²) in [6.07, 6.45) is 2.94. The first-order valence-corrected chi connectivity index (χ1v) is 11.8. The molecule has 0 saturated carbocycles. The highest BCUT2D eigenvalue weighted by molar-refractivity contribution is 7.99. The highest BCUT2D eigenvalue weighted by atomic mass is 32.2. The summed E-state index contributed by atoms with van der Waals surface area (Å²) in [7, 11) is 0. The number of hydrogen-bond acceptors (Lipinski definition) is 7. The summed E-state index contributed by atoms with van der Waals surface area (Å²) in [6.45, 7) is 6.59. The Balaban J connectivity index is 1.78. The minimum atomic E-state index is -0.421. The zero-order valence-corrected chi connectivity index (χ0v) is 20.2. The molecule has 0 bridgehead atoms. The molecule has 1 unspecified atom stereocenters. The topological polar surface area (TPSA) is 99.0 Å². The van der Waals surface area contributed by atoms with E-state index in [-0.39, 0.29) is 30.9 Å². The van der Waals surface area contributed by atoms with Crippen molar-refractivity contribution in [3.8, 4) is 0 Å². The highest BCUT2D eigenvalue weighted by Crippen LogP contribution is 2.39. The number of carbonyl (C=O) groups excluding carboxylic acids is 2. The van der Waals surface area contributed by atoms with E-state index >= 15 is 0 Å². The SMILES string of the molecule is CC(=O)OCC1COCCN1C(=O)/C=C/c1ccc(Sc2ccccc2C(C)C)c([N+](=O)[O-])c1. The van der Waals surface area contributed by atoms with Gasteiger partial charge in [-0.15, -0.1) is 0 Å². The molecule has 1 heterocycles. The van der Waals surface area contributed by atoms with Crippen LogP contribution in [0.15, 0.2) is 58.3 Å². The Kier molecular flexibility index (Phi) is 8.84. The van der Waals surface area contributed by atoms with Gasteiger partial charge in [0.25, 0.3) is 5.69 Å². The van der Waals surface area contributed by atoms with Crippen LogP contribution in [-0.4, -0.2) is 54.1 Å². The molecule has 9 heteroatoms. The Labute approximate surface area is 203 Å². The van der Waals surface area contributed by atoms with Crippen molar-refractivity contribution in [2.75, 3.05) is 26.4 Å². The van der Waals surface area contributed by atoms with Gasteiger partial charge in [0.1, 0.15) is 6.61 Å². The van der Waals surface area contributed by atoms with Crippen LogP contribution in [0.3, 0.4) is 0 Å². The second-order valence-corrected chi connectivity index (χ2v) is 9.26. The quantitative estimate of drug-likeness (QED) is 0.232. The minimum absolute atomic E-state index is 0.0164. The number of nitro groups is 1. The van der Waals surface area contributed by atoms with Gasteiger partial charge >= 0.3 is 5.97 Å². The molecule has 1 aliphatic heterocycles. The number of ether oxygens (including phenoxy) is 2. The third kappa shape index (κ3) is 6.68. The van der Waals surface area contributed by atoms with E-state index in [1.807, 2.05) is 24.3 Å². The van der Waals surface area contributed by atoms with Crippen molar-refractivity contribution in [1.82, 2.24) is 4.90 Å². The van der Waals surface area contributed by atoms with Crippen LogP contribution >= 0.6 is 11.8 Å². The molecule has 0 aromatic heterocycles. The summed E-state index contributed by atoms with van der Waals surface area (Å²) >= 11 is 1.37. The Bertz CT molecular complexity index is 1080. The first-order chi connectivity index (χ1) is 16.3. The van der Waals surface area contributed by atoms with E-state index in [4.69, 9.17) is 9.47 Å². The lowest BCUT2D eigenvalue weighted by Crippen LogP contribution is -2.50. The maximum absolute atomic E-state index is 12.8. The second kappa shape index (κ2) is 11.8. The van der Waals surface area contributed by atoms with Crippen LogP contribution in [0.1, 0.15) is 37.8 Å². The fourth-order valence-corrected chi connectivity index (χ4v) is 4.78. The number of carbonyl (C=O) groups is 2. The molecule has 34 heavy (non-hydrogen) atoms. The van der Waals surface area contributed by atoms with Crippen molar-refractivity contribution in [3.05, 3.63) is 69.8 Å². The third-order valence-corrected chi connectivity index (χ3v) is 6.51. The van der Waals surface area contributed by atoms with Crippen LogP contribution in [0.25, 0.3) is 6.08 Å². The van der Waals surface area contributed by atoms with Crippen molar-refractivity contribution in [2.45, 2.75) is 42.5 Å². The summed E-state index contributed by atoms with van der Waals surface area (Å²) in [5, 5.41) is 11.8. The lowest BCUT2D eigenvalue weighted by atomic mass is 10.0. The fraction of sp³-hybridized carbons (Fsp3) is 0.360. The molecule has 0 radical (unpaired) electrons. The number of rotatable bonds is 8. The predicted octanol–water partition coefficient (Wildman–Crippen LogP) is 4.67. The zero-order valence-electron chi connectivity index (χ0n) is 19.4. The number of nitro benzene ring substituents is 1. The smallest absolute Gasteiger partial charge is 0.302 e. The summed E-state index contributed by atoms with van der Waals surface area (Å²) in [5.41, 5.74) is 1.66. The molecule has 1 fully saturated rings. The summed E-state index contributed by atoms with van der Waals surface area (Å²) in [6, 6.07) is 12.4. The van der Waals surface area contributed by atoms with Gasteiger partial charge in [0.05, 0.1) is 29.1 Å². The van der Waals surface area contributed by atoms with Crippen molar-refractivity contribution in [2.24, 2.45) is 0 Å². The van der Waals surface area contributed by atoms with E-state index in [0.29, 0.717) is 29.5 Å². The molecular weight excluding hydrogens is 456 g/mol. The summed E-state index contributed by atoms with van der Waals surface area (Å²) < 4.78 is 10.4. The third-order valence-electron chi connectivity index (χ3n) is 5.35. The fourth-order valence-electron chi connectivity index (χ4n) is 3.60. The van der Waals surface area contributed by atoms with Gasteiger partial charge in [0.15, 0.2) is 0 Å². The minimum Gasteiger partial charge on any atom is -0.464 e. The number of nitrogens with zero attached hydrogens (tertiary/aromatic N) is 2. The Morgan fingerprint density at radius 1 is 1.26 bits per heavy atom. The van der Waals surface area contributed by atoms with E-state index in [1.165, 1.54) is 30.8 Å². The molecule has 1 atom stereocenters. The Morgan fingerprint density at radius 2 is 2.03 bits per heavy atom. The van der Waals surface area contributed by atoms with Crippen LogP contribution in [0.2, 0.25) is 0 Å². The molecule has 8 nitrogen and oxygen atoms in total. The normalized spacial score (nSPS) is 16.1. The van der Waals surface area contributed by atoms with Crippen molar-refractivity contribution in [1.29, 1.82) is 0 Å². The van der Waals surface area contributed by atoms with E-state index in [9.17, 15) is 19.7 Å². The van der Waals surface area contributed by atoms with Gasteiger partial charge < -0.3 is 14.4 Å². The standard InChI is InChI=1S/C25H28N2O6S/c1-17(2)21-6-4-5-7-23(21)34-24-10-8-19(14-22(24)27(30)31)9-11-25(29)26-12-13-32-15-20(26)16-33-18(3)28/h4-11,14,17,20H,12-13,15-16H2,1-3H3/b11-9+. The molecule has 1 saturated heterocycles. The average molecular weight is 485 g/mol. The van der Waals surface area contributed by atoms with E-state index in [1.54, 1.807) is 23.1 Å². The average Bonchev–Trinajstić information content (AvgIpc) is 2.82. The number of hydrogen-bond donors (Lipinski definition) is 0. The van der Waals surface area contributed by atoms with Gasteiger partial charge in [-0.3, -0.25) is 19.7 Å². The summed E-state index contributed by atoms with van der Waals surface area (Å²) in [4.78, 5) is 38.4. The molecule has 0 aliphatic carbocycles. The predicted molar refractivity (Wildman–Crippen MR) is 130 cm³/mol. The molecule has 2 aromatic rings. The van der Waals surface area contributed by atoms with Crippen LogP contribution in [-0.2, 0) is 19.1 Å². The summed E-state index contributed by atoms with van der Waals surface area (Å²) in [5.74, 6) is -0.400. The van der Waals surface area contributed by atoms with Gasteiger partial charge in [-0.2, -0.15) is 0 Å². The first-order valence-electron chi connectivity index (χ1n) is 11.0. The second-order valence-electron chi connectivity index (χ2n) is 8.18. The van der Waals surface area contributed by atoms with Crippen LogP contribution < -0.4 is 0 Å². The zero-order chi connectivity index (χ0) is 24.7. The van der Waals surface area contributed by atoms with Crippen molar-refractivity contribution in [3.63, 3.8) is 0 Å². The molecule has 1 aliphatic rings. The number of amides is 1. The van der Waals surface area contributed by atoms with Crippen molar-refractivity contribution < 1.29 is 24.0 Å². The molecule has 0 N–H and O–H groups in total. The molecule has 2 aromatic carbocycles. The Morgan fingerprint density at radius 3 is 2.74 bits per heavy atom. The van der Waals surface area contributed by atoms with Crippen LogP contribution in [0.4, 0.5) is 5.69 Å². The van der Waals surface area contributed by atoms with Gasteiger partial charge in [-0.1, -0.05) is 49.9 Å². The lowest BCUT2D eigenvalue weighted by molar-refractivity contribution is -0.387. The Hall–Kier alpha value is -3.17. The maximum atomic E-state index is 12.8. The van der Waals surface area contributed by atoms with Gasteiger partial charge in [-0.05, 0) is 35.3 Å². The van der Waals surface area contributed by atoms with Crippen LogP contribution in [0.5, 0.6) is 0 Å². The van der Waals surface area contributed by atoms with Gasteiger partial charge in [0.2, 0.25) is 5.91 Å². The van der Waals surface area contributed by atoms with Crippen LogP contribution in [0, 0.1) is 10.1 Å². The largest absolute Gasteiger partial charge is 0.464 e. The first kappa shape index (κ1) is 25.5. The lowest BCUT2D eigenvalue weighted by Gasteiger charge is -2.34. The monoisotopic (exact) mass is 484 g/mol. The molecule has 0 spiro atoms. The number of morpholine rings is 1. The molecule has 3 rings (SSSR count).